The molecule has 1 aromatic heterocycles. The maximum atomic E-state index is 12.6. The number of carbonyl (C=O) groups is 1. The SMILES string of the molecule is CCC(=O)N(Cc1nc(C)c(Cc2cccc(OC)c2)c(=O)[nH]1)CC(C)C. The Morgan fingerprint density at radius 2 is 2.07 bits per heavy atom. The molecule has 0 aliphatic heterocycles. The quantitative estimate of drug-likeness (QED) is 0.774. The fraction of sp³-hybridized carbons (Fsp3) is 0.476. The molecule has 0 saturated heterocycles. The van der Waals surface area contributed by atoms with Crippen molar-refractivity contribution in [3.8, 4) is 5.75 Å². The first-order valence-electron chi connectivity index (χ1n) is 9.33. The minimum atomic E-state index is -0.159. The number of benzene rings is 1. The van der Waals surface area contributed by atoms with E-state index in [1.54, 1.807) is 12.0 Å². The van der Waals surface area contributed by atoms with Gasteiger partial charge in [-0.25, -0.2) is 4.98 Å². The number of aryl methyl sites for hydroxylation is 1. The summed E-state index contributed by atoms with van der Waals surface area (Å²) in [6, 6.07) is 7.65. The highest BCUT2D eigenvalue weighted by molar-refractivity contribution is 5.75. The van der Waals surface area contributed by atoms with Crippen LogP contribution >= 0.6 is 0 Å². The Balaban J connectivity index is 2.24. The van der Waals surface area contributed by atoms with Gasteiger partial charge in [0, 0.05) is 30.6 Å². The van der Waals surface area contributed by atoms with Gasteiger partial charge in [-0.3, -0.25) is 9.59 Å². The number of H-pyrrole nitrogens is 1. The third kappa shape index (κ3) is 5.67. The number of methoxy groups -OCH3 is 1. The molecule has 2 aromatic rings. The van der Waals surface area contributed by atoms with Crippen molar-refractivity contribution in [1.29, 1.82) is 0 Å². The molecule has 6 heteroatoms. The van der Waals surface area contributed by atoms with E-state index in [9.17, 15) is 9.59 Å². The number of aromatic amines is 1. The van der Waals surface area contributed by atoms with Crippen LogP contribution < -0.4 is 10.3 Å². The number of ether oxygens (including phenoxy) is 1. The van der Waals surface area contributed by atoms with Crippen LogP contribution in [0.1, 0.15) is 49.8 Å². The lowest BCUT2D eigenvalue weighted by molar-refractivity contribution is -0.132. The van der Waals surface area contributed by atoms with Crippen molar-refractivity contribution >= 4 is 5.91 Å². The zero-order valence-electron chi connectivity index (χ0n) is 16.8. The molecule has 0 aliphatic rings. The first-order valence-corrected chi connectivity index (χ1v) is 9.33. The standard InChI is InChI=1S/C21H29N3O3/c1-6-20(25)24(12-14(2)3)13-19-22-15(4)18(21(26)23-19)11-16-8-7-9-17(10-16)27-5/h7-10,14H,6,11-13H2,1-5H3,(H,22,23,26). The van der Waals surface area contributed by atoms with Crippen LogP contribution in [0.5, 0.6) is 5.75 Å². The largest absolute Gasteiger partial charge is 0.497 e. The summed E-state index contributed by atoms with van der Waals surface area (Å²) in [6.45, 7) is 8.77. The van der Waals surface area contributed by atoms with E-state index in [1.807, 2.05) is 38.1 Å². The van der Waals surface area contributed by atoms with Gasteiger partial charge in [-0.05, 0) is 30.5 Å². The number of hydrogen-bond donors (Lipinski definition) is 1. The predicted octanol–water partition coefficient (Wildman–Crippen LogP) is 3.07. The molecule has 0 radical (unpaired) electrons. The molecule has 1 N–H and O–H groups in total. The Kier molecular flexibility index (Phi) is 7.16. The molecule has 1 heterocycles. The topological polar surface area (TPSA) is 75.3 Å². The summed E-state index contributed by atoms with van der Waals surface area (Å²) in [4.78, 5) is 34.0. The van der Waals surface area contributed by atoms with E-state index in [-0.39, 0.29) is 11.5 Å². The summed E-state index contributed by atoms with van der Waals surface area (Å²) in [5.41, 5.74) is 2.14. The molecule has 27 heavy (non-hydrogen) atoms. The van der Waals surface area contributed by atoms with Gasteiger partial charge < -0.3 is 14.6 Å². The van der Waals surface area contributed by atoms with Crippen molar-refractivity contribution < 1.29 is 9.53 Å². The number of carbonyl (C=O) groups excluding carboxylic acids is 1. The Morgan fingerprint density at radius 1 is 1.33 bits per heavy atom. The lowest BCUT2D eigenvalue weighted by atomic mass is 10.0. The molecule has 0 atom stereocenters. The van der Waals surface area contributed by atoms with Crippen LogP contribution in [0, 0.1) is 12.8 Å². The maximum Gasteiger partial charge on any atom is 0.254 e. The smallest absolute Gasteiger partial charge is 0.254 e. The Bertz CT molecular complexity index is 843. The fourth-order valence-electron chi connectivity index (χ4n) is 3.04. The van der Waals surface area contributed by atoms with Crippen LogP contribution in [0.3, 0.4) is 0 Å². The third-order valence-corrected chi connectivity index (χ3v) is 4.37. The molecule has 146 valence electrons. The molecule has 0 aliphatic carbocycles. The highest BCUT2D eigenvalue weighted by atomic mass is 16.5. The number of nitrogens with zero attached hydrogens (tertiary/aromatic N) is 2. The van der Waals surface area contributed by atoms with Crippen molar-refractivity contribution in [2.45, 2.75) is 47.1 Å². The molecule has 6 nitrogen and oxygen atoms in total. The highest BCUT2D eigenvalue weighted by Crippen LogP contribution is 2.16. The van der Waals surface area contributed by atoms with Gasteiger partial charge in [0.15, 0.2) is 0 Å². The molecule has 2 rings (SSSR count). The van der Waals surface area contributed by atoms with Gasteiger partial charge in [-0.15, -0.1) is 0 Å². The van der Waals surface area contributed by atoms with Gasteiger partial charge in [-0.2, -0.15) is 0 Å². The molecule has 1 amide bonds. The molecule has 0 spiro atoms. The second kappa shape index (κ2) is 9.35. The molecular weight excluding hydrogens is 342 g/mol. The van der Waals surface area contributed by atoms with E-state index < -0.39 is 0 Å². The summed E-state index contributed by atoms with van der Waals surface area (Å²) < 4.78 is 5.24. The second-order valence-corrected chi connectivity index (χ2v) is 7.13. The summed E-state index contributed by atoms with van der Waals surface area (Å²) in [6.07, 6.45) is 0.916. The van der Waals surface area contributed by atoms with Crippen molar-refractivity contribution in [2.75, 3.05) is 13.7 Å². The molecule has 0 bridgehead atoms. The monoisotopic (exact) mass is 371 g/mol. The van der Waals surface area contributed by atoms with Gasteiger partial charge >= 0.3 is 0 Å². The van der Waals surface area contributed by atoms with Crippen molar-refractivity contribution in [3.05, 3.63) is 57.3 Å². The van der Waals surface area contributed by atoms with Gasteiger partial charge in [0.2, 0.25) is 5.91 Å². The van der Waals surface area contributed by atoms with Crippen LogP contribution in [0.4, 0.5) is 0 Å². The molecule has 1 aromatic carbocycles. The fourth-order valence-corrected chi connectivity index (χ4v) is 3.04. The lowest BCUT2D eigenvalue weighted by Crippen LogP contribution is -2.35. The third-order valence-electron chi connectivity index (χ3n) is 4.37. The normalized spacial score (nSPS) is 10.9. The van der Waals surface area contributed by atoms with Gasteiger partial charge in [0.05, 0.1) is 13.7 Å². The van der Waals surface area contributed by atoms with Crippen molar-refractivity contribution in [2.24, 2.45) is 5.92 Å². The van der Waals surface area contributed by atoms with E-state index in [1.165, 1.54) is 0 Å². The van der Waals surface area contributed by atoms with Crippen molar-refractivity contribution in [1.82, 2.24) is 14.9 Å². The highest BCUT2D eigenvalue weighted by Gasteiger charge is 2.16. The summed E-state index contributed by atoms with van der Waals surface area (Å²) in [5, 5.41) is 0. The summed E-state index contributed by atoms with van der Waals surface area (Å²) in [5.74, 6) is 1.69. The Hall–Kier alpha value is -2.63. The van der Waals surface area contributed by atoms with Gasteiger partial charge in [0.1, 0.15) is 11.6 Å². The van der Waals surface area contributed by atoms with E-state index >= 15 is 0 Å². The number of rotatable bonds is 8. The van der Waals surface area contributed by atoms with E-state index in [0.717, 1.165) is 11.3 Å². The summed E-state index contributed by atoms with van der Waals surface area (Å²) >= 11 is 0. The van der Waals surface area contributed by atoms with Crippen molar-refractivity contribution in [3.63, 3.8) is 0 Å². The van der Waals surface area contributed by atoms with Crippen LogP contribution in [-0.4, -0.2) is 34.4 Å². The van der Waals surface area contributed by atoms with Crippen LogP contribution in [0.2, 0.25) is 0 Å². The minimum Gasteiger partial charge on any atom is -0.497 e. The molecule has 0 saturated carbocycles. The maximum absolute atomic E-state index is 12.6. The molecular formula is C21H29N3O3. The number of hydrogen-bond acceptors (Lipinski definition) is 4. The number of amides is 1. The zero-order valence-corrected chi connectivity index (χ0v) is 16.8. The lowest BCUT2D eigenvalue weighted by Gasteiger charge is -2.24. The minimum absolute atomic E-state index is 0.0597. The first-order chi connectivity index (χ1) is 12.8. The average molecular weight is 371 g/mol. The van der Waals surface area contributed by atoms with Gasteiger partial charge in [0.25, 0.3) is 5.56 Å². The molecule has 0 fully saturated rings. The Morgan fingerprint density at radius 3 is 2.67 bits per heavy atom. The van der Waals surface area contributed by atoms with E-state index in [4.69, 9.17) is 4.74 Å². The predicted molar refractivity (Wildman–Crippen MR) is 106 cm³/mol. The van der Waals surface area contributed by atoms with Crippen LogP contribution in [0.15, 0.2) is 29.1 Å². The number of aromatic nitrogens is 2. The molecule has 0 unspecified atom stereocenters. The van der Waals surface area contributed by atoms with E-state index in [0.29, 0.717) is 48.9 Å². The second-order valence-electron chi connectivity index (χ2n) is 7.13. The first kappa shape index (κ1) is 20.7. The van der Waals surface area contributed by atoms with Gasteiger partial charge in [-0.1, -0.05) is 32.9 Å². The van der Waals surface area contributed by atoms with Crippen LogP contribution in [-0.2, 0) is 17.8 Å². The number of nitrogens with one attached hydrogen (secondary N) is 1. The zero-order chi connectivity index (χ0) is 20.0. The van der Waals surface area contributed by atoms with E-state index in [2.05, 4.69) is 23.8 Å². The van der Waals surface area contributed by atoms with Crippen LogP contribution in [0.25, 0.3) is 0 Å². The summed E-state index contributed by atoms with van der Waals surface area (Å²) in [7, 11) is 1.62. The average Bonchev–Trinajstić information content (AvgIpc) is 2.63. The Labute approximate surface area is 160 Å².